The van der Waals surface area contributed by atoms with Gasteiger partial charge in [-0.05, 0) is 56.3 Å². The molecule has 1 aromatic rings. The van der Waals surface area contributed by atoms with Crippen molar-refractivity contribution >= 4 is 11.6 Å². The van der Waals surface area contributed by atoms with Gasteiger partial charge in [0.05, 0.1) is 0 Å². The predicted molar refractivity (Wildman–Crippen MR) is 76.9 cm³/mol. The molecule has 0 radical (unpaired) electrons. The monoisotopic (exact) mass is 253 g/mol. The van der Waals surface area contributed by atoms with E-state index >= 15 is 0 Å². The normalized spacial score (nSPS) is 12.7. The van der Waals surface area contributed by atoms with Crippen LogP contribution in [-0.2, 0) is 6.42 Å². The molecule has 96 valence electrons. The van der Waals surface area contributed by atoms with E-state index in [4.69, 9.17) is 11.6 Å². The van der Waals surface area contributed by atoms with Crippen LogP contribution in [0.3, 0.4) is 0 Å². The van der Waals surface area contributed by atoms with E-state index in [1.54, 1.807) is 0 Å². The fraction of sp³-hybridized carbons (Fsp3) is 0.600. The fourth-order valence-corrected chi connectivity index (χ4v) is 2.31. The number of hydrogen-bond acceptors (Lipinski definition) is 1. The van der Waals surface area contributed by atoms with Crippen LogP contribution in [0.1, 0.15) is 44.2 Å². The van der Waals surface area contributed by atoms with E-state index in [1.807, 2.05) is 0 Å². The summed E-state index contributed by atoms with van der Waals surface area (Å²) in [5.74, 6) is 0. The highest BCUT2D eigenvalue weighted by Gasteiger charge is 2.07. The Morgan fingerprint density at radius 3 is 2.65 bits per heavy atom. The number of hydrogen-bond donors (Lipinski definition) is 1. The van der Waals surface area contributed by atoms with E-state index in [1.165, 1.54) is 30.4 Å². The molecule has 17 heavy (non-hydrogen) atoms. The second kappa shape index (κ2) is 7.73. The Balaban J connectivity index is 2.47. The van der Waals surface area contributed by atoms with Crippen LogP contribution in [0.2, 0.25) is 5.02 Å². The average Bonchev–Trinajstić information content (AvgIpc) is 2.31. The quantitative estimate of drug-likeness (QED) is 0.761. The number of halogens is 1. The van der Waals surface area contributed by atoms with Gasteiger partial charge >= 0.3 is 0 Å². The SMILES string of the molecule is CCCNC(CC)CCc1ccc(C)cc1Cl. The minimum Gasteiger partial charge on any atom is -0.314 e. The minimum absolute atomic E-state index is 0.618. The third-order valence-corrected chi connectivity index (χ3v) is 3.50. The van der Waals surface area contributed by atoms with Gasteiger partial charge < -0.3 is 5.32 Å². The summed E-state index contributed by atoms with van der Waals surface area (Å²) in [5, 5.41) is 4.49. The lowest BCUT2D eigenvalue weighted by Crippen LogP contribution is -2.29. The lowest BCUT2D eigenvalue weighted by molar-refractivity contribution is 0.468. The second-order valence-electron chi connectivity index (χ2n) is 4.69. The van der Waals surface area contributed by atoms with Crippen LogP contribution < -0.4 is 5.32 Å². The smallest absolute Gasteiger partial charge is 0.0440 e. The van der Waals surface area contributed by atoms with E-state index in [2.05, 4.69) is 44.3 Å². The summed E-state index contributed by atoms with van der Waals surface area (Å²) in [5.41, 5.74) is 2.50. The molecular formula is C15H24ClN. The Morgan fingerprint density at radius 1 is 1.29 bits per heavy atom. The first kappa shape index (κ1) is 14.5. The van der Waals surface area contributed by atoms with Crippen molar-refractivity contribution in [3.8, 4) is 0 Å². The Morgan fingerprint density at radius 2 is 2.06 bits per heavy atom. The van der Waals surface area contributed by atoms with Gasteiger partial charge in [0.25, 0.3) is 0 Å². The molecule has 0 saturated heterocycles. The van der Waals surface area contributed by atoms with Crippen LogP contribution in [0, 0.1) is 6.92 Å². The third kappa shape index (κ3) is 5.10. The zero-order valence-corrected chi connectivity index (χ0v) is 12.0. The zero-order valence-electron chi connectivity index (χ0n) is 11.2. The minimum atomic E-state index is 0.618. The summed E-state index contributed by atoms with van der Waals surface area (Å²) in [6.07, 6.45) is 4.61. The third-order valence-electron chi connectivity index (χ3n) is 3.15. The number of aryl methyl sites for hydroxylation is 2. The van der Waals surface area contributed by atoms with Crippen molar-refractivity contribution in [3.05, 3.63) is 34.3 Å². The molecular weight excluding hydrogens is 230 g/mol. The van der Waals surface area contributed by atoms with Gasteiger partial charge in [0.1, 0.15) is 0 Å². The molecule has 1 rings (SSSR count). The number of benzene rings is 1. The van der Waals surface area contributed by atoms with Gasteiger partial charge in [-0.25, -0.2) is 0 Å². The summed E-state index contributed by atoms with van der Waals surface area (Å²) in [4.78, 5) is 0. The molecule has 0 spiro atoms. The lowest BCUT2D eigenvalue weighted by Gasteiger charge is -2.16. The highest BCUT2D eigenvalue weighted by atomic mass is 35.5. The molecule has 1 atom stereocenters. The van der Waals surface area contributed by atoms with Crippen molar-refractivity contribution in [2.24, 2.45) is 0 Å². The standard InChI is InChI=1S/C15H24ClN/c1-4-10-17-14(5-2)9-8-13-7-6-12(3)11-15(13)16/h6-7,11,14,17H,4-5,8-10H2,1-3H3. The van der Waals surface area contributed by atoms with Crippen LogP contribution >= 0.6 is 11.6 Å². The van der Waals surface area contributed by atoms with Gasteiger partial charge in [0, 0.05) is 11.1 Å². The maximum Gasteiger partial charge on any atom is 0.0440 e. The second-order valence-corrected chi connectivity index (χ2v) is 5.10. The van der Waals surface area contributed by atoms with Crippen LogP contribution in [0.15, 0.2) is 18.2 Å². The van der Waals surface area contributed by atoms with E-state index in [0.29, 0.717) is 6.04 Å². The van der Waals surface area contributed by atoms with E-state index in [9.17, 15) is 0 Å². The molecule has 0 aliphatic carbocycles. The number of nitrogens with one attached hydrogen (secondary N) is 1. The molecule has 0 amide bonds. The van der Waals surface area contributed by atoms with Gasteiger partial charge in [-0.2, -0.15) is 0 Å². The van der Waals surface area contributed by atoms with E-state index < -0.39 is 0 Å². The Bertz CT molecular complexity index is 336. The first-order valence-electron chi connectivity index (χ1n) is 6.65. The molecule has 1 nitrogen and oxygen atoms in total. The first-order chi connectivity index (χ1) is 8.17. The van der Waals surface area contributed by atoms with Crippen molar-refractivity contribution in [3.63, 3.8) is 0 Å². The van der Waals surface area contributed by atoms with E-state index in [-0.39, 0.29) is 0 Å². The Labute approximate surface area is 111 Å². The van der Waals surface area contributed by atoms with Crippen LogP contribution in [-0.4, -0.2) is 12.6 Å². The Kier molecular flexibility index (Phi) is 6.61. The van der Waals surface area contributed by atoms with Gasteiger partial charge in [-0.1, -0.05) is 37.6 Å². The summed E-state index contributed by atoms with van der Waals surface area (Å²) in [6, 6.07) is 6.97. The molecule has 0 fully saturated rings. The maximum atomic E-state index is 6.24. The van der Waals surface area contributed by atoms with Crippen molar-refractivity contribution in [2.75, 3.05) is 6.54 Å². The molecule has 0 aliphatic heterocycles. The van der Waals surface area contributed by atoms with Gasteiger partial charge in [0.2, 0.25) is 0 Å². The predicted octanol–water partition coefficient (Wildman–Crippen LogP) is 4.36. The molecule has 1 unspecified atom stereocenters. The van der Waals surface area contributed by atoms with Gasteiger partial charge in [0.15, 0.2) is 0 Å². The maximum absolute atomic E-state index is 6.24. The van der Waals surface area contributed by atoms with E-state index in [0.717, 1.165) is 18.0 Å². The molecule has 1 aromatic carbocycles. The Hall–Kier alpha value is -0.530. The van der Waals surface area contributed by atoms with Gasteiger partial charge in [-0.15, -0.1) is 0 Å². The highest BCUT2D eigenvalue weighted by molar-refractivity contribution is 6.31. The van der Waals surface area contributed by atoms with Crippen molar-refractivity contribution in [1.29, 1.82) is 0 Å². The summed E-state index contributed by atoms with van der Waals surface area (Å²) < 4.78 is 0. The first-order valence-corrected chi connectivity index (χ1v) is 7.03. The van der Waals surface area contributed by atoms with Crippen molar-refractivity contribution < 1.29 is 0 Å². The largest absolute Gasteiger partial charge is 0.314 e. The van der Waals surface area contributed by atoms with Crippen molar-refractivity contribution in [2.45, 2.75) is 52.5 Å². The average molecular weight is 254 g/mol. The summed E-state index contributed by atoms with van der Waals surface area (Å²) in [7, 11) is 0. The van der Waals surface area contributed by atoms with Crippen LogP contribution in [0.5, 0.6) is 0 Å². The molecule has 0 heterocycles. The van der Waals surface area contributed by atoms with Gasteiger partial charge in [-0.3, -0.25) is 0 Å². The highest BCUT2D eigenvalue weighted by Crippen LogP contribution is 2.19. The molecule has 0 bridgehead atoms. The molecule has 2 heteroatoms. The number of rotatable bonds is 7. The van der Waals surface area contributed by atoms with Crippen molar-refractivity contribution in [1.82, 2.24) is 5.32 Å². The fourth-order valence-electron chi connectivity index (χ4n) is 1.98. The molecule has 1 N–H and O–H groups in total. The summed E-state index contributed by atoms with van der Waals surface area (Å²) >= 11 is 6.24. The summed E-state index contributed by atoms with van der Waals surface area (Å²) in [6.45, 7) is 7.63. The lowest BCUT2D eigenvalue weighted by atomic mass is 10.0. The molecule has 0 aromatic heterocycles. The molecule has 0 aliphatic rings. The van der Waals surface area contributed by atoms with Crippen LogP contribution in [0.25, 0.3) is 0 Å². The molecule has 0 saturated carbocycles. The zero-order chi connectivity index (χ0) is 12.7. The van der Waals surface area contributed by atoms with Crippen LogP contribution in [0.4, 0.5) is 0 Å². The topological polar surface area (TPSA) is 12.0 Å².